The number of thiazole rings is 1. The van der Waals surface area contributed by atoms with E-state index in [-0.39, 0.29) is 0 Å². The minimum atomic E-state index is -1.10. The van der Waals surface area contributed by atoms with Crippen LogP contribution in [-0.4, -0.2) is 31.2 Å². The Kier molecular flexibility index (Phi) is 3.30. The Bertz CT molecular complexity index is 496. The number of anilines is 1. The van der Waals surface area contributed by atoms with Gasteiger partial charge < -0.3 is 16.2 Å². The van der Waals surface area contributed by atoms with Crippen LogP contribution in [0.4, 0.5) is 5.13 Å². The van der Waals surface area contributed by atoms with Crippen LogP contribution < -0.4 is 11.1 Å². The largest absolute Gasteiger partial charge is 0.480 e. The highest BCUT2D eigenvalue weighted by Crippen LogP contribution is 2.19. The number of hydrogen-bond acceptors (Lipinski definition) is 7. The van der Waals surface area contributed by atoms with Crippen molar-refractivity contribution >= 4 is 22.4 Å². The molecule has 2 rings (SSSR count). The number of carboxylic acids is 1. The third-order valence-corrected chi connectivity index (χ3v) is 2.80. The Morgan fingerprint density at radius 3 is 3.18 bits per heavy atom. The second-order valence-electron chi connectivity index (χ2n) is 3.18. The van der Waals surface area contributed by atoms with Crippen LogP contribution in [0.15, 0.2) is 11.7 Å². The van der Waals surface area contributed by atoms with Gasteiger partial charge in [0.25, 0.3) is 0 Å². The van der Waals surface area contributed by atoms with E-state index in [0.29, 0.717) is 23.2 Å². The number of H-pyrrole nitrogens is 1. The summed E-state index contributed by atoms with van der Waals surface area (Å²) >= 11 is 1.29. The molecule has 2 aromatic heterocycles. The van der Waals surface area contributed by atoms with E-state index in [0.717, 1.165) is 0 Å². The fraction of sp³-hybridized carbons (Fsp3) is 0.250. The van der Waals surface area contributed by atoms with Crippen molar-refractivity contribution in [2.75, 3.05) is 5.32 Å². The van der Waals surface area contributed by atoms with Crippen LogP contribution in [-0.2, 0) is 11.3 Å². The van der Waals surface area contributed by atoms with Crippen molar-refractivity contribution in [3.8, 4) is 0 Å². The predicted molar refractivity (Wildman–Crippen MR) is 60.4 cm³/mol. The molecule has 0 radical (unpaired) electrons. The fourth-order valence-corrected chi connectivity index (χ4v) is 1.86. The lowest BCUT2D eigenvalue weighted by Crippen LogP contribution is -2.20. The molecule has 90 valence electrons. The number of carbonyl (C=O) groups is 1. The molecule has 1 atom stereocenters. The third-order valence-electron chi connectivity index (χ3n) is 1.98. The standard InChI is InChI=1S/C8H10N6O2S/c9-6(7(15)16)4-2-17-8(13-4)10-1-5-11-3-12-14-5/h2-3,6H,1,9H2,(H,10,13)(H,15,16)(H,11,12,14). The Morgan fingerprint density at radius 2 is 2.53 bits per heavy atom. The summed E-state index contributed by atoms with van der Waals surface area (Å²) in [5.74, 6) is -0.429. The maximum atomic E-state index is 10.6. The second-order valence-corrected chi connectivity index (χ2v) is 4.04. The summed E-state index contributed by atoms with van der Waals surface area (Å²) in [6, 6.07) is -1.09. The molecule has 8 nitrogen and oxygen atoms in total. The SMILES string of the molecule is NC(C(=O)O)c1csc(NCc2ncn[nH]2)n1. The Morgan fingerprint density at radius 1 is 1.71 bits per heavy atom. The van der Waals surface area contributed by atoms with Gasteiger partial charge in [0.05, 0.1) is 12.2 Å². The van der Waals surface area contributed by atoms with E-state index in [1.54, 1.807) is 5.38 Å². The molecule has 0 aromatic carbocycles. The van der Waals surface area contributed by atoms with E-state index in [4.69, 9.17) is 10.8 Å². The van der Waals surface area contributed by atoms with Gasteiger partial charge in [0.15, 0.2) is 5.13 Å². The second kappa shape index (κ2) is 4.89. The Hall–Kier alpha value is -2.00. The molecule has 1 unspecified atom stereocenters. The summed E-state index contributed by atoms with van der Waals surface area (Å²) in [5.41, 5.74) is 5.77. The zero-order valence-corrected chi connectivity index (χ0v) is 9.44. The molecule has 5 N–H and O–H groups in total. The van der Waals surface area contributed by atoms with Gasteiger partial charge in [0, 0.05) is 5.38 Å². The molecule has 0 saturated carbocycles. The monoisotopic (exact) mass is 254 g/mol. The molecule has 0 amide bonds. The number of nitrogens with zero attached hydrogens (tertiary/aromatic N) is 3. The van der Waals surface area contributed by atoms with Crippen molar-refractivity contribution in [1.29, 1.82) is 0 Å². The number of nitrogens with one attached hydrogen (secondary N) is 2. The van der Waals surface area contributed by atoms with Crippen molar-refractivity contribution in [1.82, 2.24) is 20.2 Å². The molecule has 0 bridgehead atoms. The van der Waals surface area contributed by atoms with Gasteiger partial charge in [-0.1, -0.05) is 0 Å². The summed E-state index contributed by atoms with van der Waals surface area (Å²) in [4.78, 5) is 18.7. The zero-order chi connectivity index (χ0) is 12.3. The first-order valence-electron chi connectivity index (χ1n) is 4.68. The molecular weight excluding hydrogens is 244 g/mol. The number of hydrogen-bond donors (Lipinski definition) is 4. The topological polar surface area (TPSA) is 130 Å². The maximum Gasteiger partial charge on any atom is 0.326 e. The summed E-state index contributed by atoms with van der Waals surface area (Å²) in [6.45, 7) is 0.440. The van der Waals surface area contributed by atoms with E-state index >= 15 is 0 Å². The van der Waals surface area contributed by atoms with E-state index in [1.807, 2.05) is 0 Å². The normalized spacial score (nSPS) is 12.3. The van der Waals surface area contributed by atoms with Gasteiger partial charge in [-0.25, -0.2) is 9.97 Å². The maximum absolute atomic E-state index is 10.6. The minimum Gasteiger partial charge on any atom is -0.480 e. The van der Waals surface area contributed by atoms with E-state index in [2.05, 4.69) is 25.5 Å². The van der Waals surface area contributed by atoms with E-state index < -0.39 is 12.0 Å². The van der Waals surface area contributed by atoms with Gasteiger partial charge >= 0.3 is 5.97 Å². The molecule has 0 aliphatic heterocycles. The summed E-state index contributed by atoms with van der Waals surface area (Å²) in [5, 5.41) is 20.3. The van der Waals surface area contributed by atoms with Gasteiger partial charge in [0.1, 0.15) is 18.2 Å². The highest BCUT2D eigenvalue weighted by Gasteiger charge is 2.17. The predicted octanol–water partition coefficient (Wildman–Crippen LogP) is -0.0423. The molecule has 2 aromatic rings. The highest BCUT2D eigenvalue weighted by atomic mass is 32.1. The summed E-state index contributed by atoms with van der Waals surface area (Å²) < 4.78 is 0. The lowest BCUT2D eigenvalue weighted by atomic mass is 10.2. The average Bonchev–Trinajstić information content (AvgIpc) is 2.96. The number of aromatic amines is 1. The summed E-state index contributed by atoms with van der Waals surface area (Å²) in [7, 11) is 0. The molecule has 0 aliphatic rings. The van der Waals surface area contributed by atoms with Gasteiger partial charge in [-0.2, -0.15) is 5.10 Å². The first kappa shape index (κ1) is 11.5. The van der Waals surface area contributed by atoms with Crippen LogP contribution in [0.5, 0.6) is 0 Å². The van der Waals surface area contributed by atoms with Crippen LogP contribution in [0.25, 0.3) is 0 Å². The molecule has 0 spiro atoms. The smallest absolute Gasteiger partial charge is 0.326 e. The number of nitrogens with two attached hydrogens (primary N) is 1. The lowest BCUT2D eigenvalue weighted by molar-refractivity contribution is -0.138. The molecule has 0 saturated heterocycles. The zero-order valence-electron chi connectivity index (χ0n) is 8.62. The van der Waals surface area contributed by atoms with Crippen LogP contribution in [0.2, 0.25) is 0 Å². The van der Waals surface area contributed by atoms with Crippen LogP contribution in [0.1, 0.15) is 17.6 Å². The number of rotatable bonds is 5. The third kappa shape index (κ3) is 2.77. The van der Waals surface area contributed by atoms with Crippen molar-refractivity contribution in [3.63, 3.8) is 0 Å². The Labute approximate surface area is 99.9 Å². The number of aromatic nitrogens is 4. The van der Waals surface area contributed by atoms with Crippen molar-refractivity contribution in [3.05, 3.63) is 23.2 Å². The quantitative estimate of drug-likeness (QED) is 0.588. The Balaban J connectivity index is 1.96. The minimum absolute atomic E-state index is 0.336. The van der Waals surface area contributed by atoms with Gasteiger partial charge in [-0.05, 0) is 0 Å². The van der Waals surface area contributed by atoms with Crippen LogP contribution in [0, 0.1) is 0 Å². The van der Waals surface area contributed by atoms with Crippen molar-refractivity contribution in [2.45, 2.75) is 12.6 Å². The van der Waals surface area contributed by atoms with E-state index in [1.165, 1.54) is 17.7 Å². The van der Waals surface area contributed by atoms with Crippen LogP contribution >= 0.6 is 11.3 Å². The summed E-state index contributed by atoms with van der Waals surface area (Å²) in [6.07, 6.45) is 1.41. The first-order chi connectivity index (χ1) is 8.16. The highest BCUT2D eigenvalue weighted by molar-refractivity contribution is 7.13. The molecular formula is C8H10N6O2S. The average molecular weight is 254 g/mol. The fourth-order valence-electron chi connectivity index (χ4n) is 1.11. The molecule has 0 fully saturated rings. The van der Waals surface area contributed by atoms with Crippen LogP contribution in [0.3, 0.4) is 0 Å². The number of carboxylic acid groups (broad SMARTS) is 1. The van der Waals surface area contributed by atoms with Crippen molar-refractivity contribution in [2.24, 2.45) is 5.73 Å². The van der Waals surface area contributed by atoms with Gasteiger partial charge in [-0.15, -0.1) is 11.3 Å². The lowest BCUT2D eigenvalue weighted by Gasteiger charge is -2.01. The van der Waals surface area contributed by atoms with Crippen molar-refractivity contribution < 1.29 is 9.90 Å². The van der Waals surface area contributed by atoms with E-state index in [9.17, 15) is 4.79 Å². The first-order valence-corrected chi connectivity index (χ1v) is 5.56. The molecule has 9 heteroatoms. The number of aliphatic carboxylic acids is 1. The molecule has 0 aliphatic carbocycles. The molecule has 2 heterocycles. The van der Waals surface area contributed by atoms with Gasteiger partial charge in [-0.3, -0.25) is 9.89 Å². The molecule has 17 heavy (non-hydrogen) atoms. The van der Waals surface area contributed by atoms with Gasteiger partial charge in [0.2, 0.25) is 0 Å².